The molecule has 1 amide bonds. The number of aliphatic imine (C=N–C) groups is 1. The summed E-state index contributed by atoms with van der Waals surface area (Å²) in [7, 11) is 0. The molecule has 112 valence electrons. The lowest BCUT2D eigenvalue weighted by Crippen LogP contribution is -2.30. The van der Waals surface area contributed by atoms with E-state index in [4.69, 9.17) is 0 Å². The second-order valence-electron chi connectivity index (χ2n) is 5.58. The SMILES string of the molecule is CCCN1C(=O)C(=Nc2ncccc2C)c2cc(C)ccc21. The van der Waals surface area contributed by atoms with Gasteiger partial charge in [-0.15, -0.1) is 0 Å². The first kappa shape index (κ1) is 14.4. The monoisotopic (exact) mass is 293 g/mol. The molecule has 3 rings (SSSR count). The zero-order valence-electron chi connectivity index (χ0n) is 13.1. The topological polar surface area (TPSA) is 45.6 Å². The molecule has 0 bridgehead atoms. The van der Waals surface area contributed by atoms with Gasteiger partial charge in [-0.2, -0.15) is 0 Å². The molecule has 0 saturated carbocycles. The average molecular weight is 293 g/mol. The van der Waals surface area contributed by atoms with Crippen LogP contribution >= 0.6 is 0 Å². The number of aromatic nitrogens is 1. The molecule has 0 saturated heterocycles. The van der Waals surface area contributed by atoms with Gasteiger partial charge in [-0.1, -0.05) is 24.6 Å². The van der Waals surface area contributed by atoms with Crippen molar-refractivity contribution in [2.24, 2.45) is 4.99 Å². The van der Waals surface area contributed by atoms with Crippen molar-refractivity contribution in [3.05, 3.63) is 53.2 Å². The van der Waals surface area contributed by atoms with E-state index in [1.165, 1.54) is 0 Å². The van der Waals surface area contributed by atoms with E-state index in [0.717, 1.165) is 28.8 Å². The van der Waals surface area contributed by atoms with Gasteiger partial charge in [0.15, 0.2) is 5.82 Å². The molecule has 1 aromatic carbocycles. The molecule has 0 aliphatic carbocycles. The highest BCUT2D eigenvalue weighted by Gasteiger charge is 2.33. The van der Waals surface area contributed by atoms with E-state index in [9.17, 15) is 4.79 Å². The van der Waals surface area contributed by atoms with Gasteiger partial charge in [-0.3, -0.25) is 4.79 Å². The Morgan fingerprint density at radius 3 is 2.77 bits per heavy atom. The van der Waals surface area contributed by atoms with Crippen molar-refractivity contribution < 1.29 is 4.79 Å². The fraction of sp³-hybridized carbons (Fsp3) is 0.278. The summed E-state index contributed by atoms with van der Waals surface area (Å²) in [4.78, 5) is 23.4. The van der Waals surface area contributed by atoms with Gasteiger partial charge in [0.05, 0.1) is 5.69 Å². The number of aryl methyl sites for hydroxylation is 2. The summed E-state index contributed by atoms with van der Waals surface area (Å²) >= 11 is 0. The quantitative estimate of drug-likeness (QED) is 0.868. The van der Waals surface area contributed by atoms with Gasteiger partial charge in [0.25, 0.3) is 5.91 Å². The molecule has 2 heterocycles. The van der Waals surface area contributed by atoms with Crippen molar-refractivity contribution in [2.45, 2.75) is 27.2 Å². The number of anilines is 1. The summed E-state index contributed by atoms with van der Waals surface area (Å²) in [6.07, 6.45) is 2.61. The van der Waals surface area contributed by atoms with Crippen molar-refractivity contribution in [1.82, 2.24) is 4.98 Å². The molecule has 1 aliphatic rings. The Morgan fingerprint density at radius 1 is 1.23 bits per heavy atom. The van der Waals surface area contributed by atoms with Crippen LogP contribution in [0.15, 0.2) is 41.5 Å². The third-order valence-corrected chi connectivity index (χ3v) is 3.79. The Labute approximate surface area is 130 Å². The van der Waals surface area contributed by atoms with Crippen LogP contribution in [0, 0.1) is 13.8 Å². The van der Waals surface area contributed by atoms with E-state index in [2.05, 4.69) is 16.9 Å². The largest absolute Gasteiger partial charge is 0.306 e. The molecule has 0 N–H and O–H groups in total. The number of nitrogens with zero attached hydrogens (tertiary/aromatic N) is 3. The van der Waals surface area contributed by atoms with Gasteiger partial charge in [0.1, 0.15) is 5.71 Å². The smallest absolute Gasteiger partial charge is 0.277 e. The maximum Gasteiger partial charge on any atom is 0.277 e. The summed E-state index contributed by atoms with van der Waals surface area (Å²) in [5, 5.41) is 0. The predicted molar refractivity (Wildman–Crippen MR) is 89.0 cm³/mol. The molecule has 0 spiro atoms. The molecule has 0 unspecified atom stereocenters. The number of benzene rings is 1. The molecule has 2 aromatic rings. The number of fused-ring (bicyclic) bond motifs is 1. The molecule has 0 fully saturated rings. The maximum absolute atomic E-state index is 12.7. The minimum atomic E-state index is -0.0347. The van der Waals surface area contributed by atoms with Gasteiger partial charge in [0.2, 0.25) is 0 Å². The predicted octanol–water partition coefficient (Wildman–Crippen LogP) is 3.58. The van der Waals surface area contributed by atoms with Gasteiger partial charge in [-0.05, 0) is 44.0 Å². The second kappa shape index (κ2) is 5.72. The van der Waals surface area contributed by atoms with Crippen LogP contribution in [0.2, 0.25) is 0 Å². The second-order valence-corrected chi connectivity index (χ2v) is 5.58. The number of hydrogen-bond acceptors (Lipinski definition) is 3. The standard InChI is InChI=1S/C18H19N3O/c1-4-10-21-15-8-7-12(2)11-14(15)16(18(21)22)20-17-13(3)6-5-9-19-17/h5-9,11H,4,10H2,1-3H3. The minimum Gasteiger partial charge on any atom is -0.306 e. The Hall–Kier alpha value is -2.49. The molecule has 0 atom stereocenters. The molecular weight excluding hydrogens is 274 g/mol. The lowest BCUT2D eigenvalue weighted by Gasteiger charge is -2.15. The first-order chi connectivity index (χ1) is 10.6. The lowest BCUT2D eigenvalue weighted by atomic mass is 10.1. The highest BCUT2D eigenvalue weighted by atomic mass is 16.2. The highest BCUT2D eigenvalue weighted by molar-refractivity contribution is 6.54. The number of carbonyl (C=O) groups excluding carboxylic acids is 1. The van der Waals surface area contributed by atoms with Crippen LogP contribution in [0.4, 0.5) is 11.5 Å². The van der Waals surface area contributed by atoms with E-state index < -0.39 is 0 Å². The van der Waals surface area contributed by atoms with Crippen molar-refractivity contribution in [3.8, 4) is 0 Å². The first-order valence-corrected chi connectivity index (χ1v) is 7.55. The molecule has 0 radical (unpaired) electrons. The van der Waals surface area contributed by atoms with Crippen molar-refractivity contribution >= 4 is 23.1 Å². The first-order valence-electron chi connectivity index (χ1n) is 7.55. The van der Waals surface area contributed by atoms with Gasteiger partial charge in [-0.25, -0.2) is 9.98 Å². The van der Waals surface area contributed by atoms with E-state index >= 15 is 0 Å². The molecule has 1 aliphatic heterocycles. The Morgan fingerprint density at radius 2 is 2.05 bits per heavy atom. The zero-order valence-corrected chi connectivity index (χ0v) is 13.1. The van der Waals surface area contributed by atoms with E-state index in [0.29, 0.717) is 18.1 Å². The molecule has 4 nitrogen and oxygen atoms in total. The van der Waals surface area contributed by atoms with Crippen LogP contribution in [0.25, 0.3) is 0 Å². The number of hydrogen-bond donors (Lipinski definition) is 0. The van der Waals surface area contributed by atoms with Crippen LogP contribution in [-0.2, 0) is 4.79 Å². The molecule has 22 heavy (non-hydrogen) atoms. The molecular formula is C18H19N3O. The average Bonchev–Trinajstić information content (AvgIpc) is 2.75. The maximum atomic E-state index is 12.7. The van der Waals surface area contributed by atoms with Crippen LogP contribution in [0.3, 0.4) is 0 Å². The number of amides is 1. The fourth-order valence-electron chi connectivity index (χ4n) is 2.68. The van der Waals surface area contributed by atoms with Crippen LogP contribution in [0.1, 0.15) is 30.0 Å². The summed E-state index contributed by atoms with van der Waals surface area (Å²) < 4.78 is 0. The third-order valence-electron chi connectivity index (χ3n) is 3.79. The Balaban J connectivity index is 2.15. The van der Waals surface area contributed by atoms with Gasteiger partial charge >= 0.3 is 0 Å². The number of rotatable bonds is 3. The van der Waals surface area contributed by atoms with E-state index in [-0.39, 0.29) is 5.91 Å². The van der Waals surface area contributed by atoms with E-state index in [1.54, 1.807) is 6.20 Å². The summed E-state index contributed by atoms with van der Waals surface area (Å²) in [5.74, 6) is 0.573. The Kier molecular flexibility index (Phi) is 3.75. The Bertz CT molecular complexity index is 765. The van der Waals surface area contributed by atoms with Crippen LogP contribution in [0.5, 0.6) is 0 Å². The zero-order chi connectivity index (χ0) is 15.7. The van der Waals surface area contributed by atoms with Crippen molar-refractivity contribution in [3.63, 3.8) is 0 Å². The van der Waals surface area contributed by atoms with Gasteiger partial charge < -0.3 is 4.90 Å². The normalized spacial score (nSPS) is 15.5. The molecule has 1 aromatic heterocycles. The number of carbonyl (C=O) groups is 1. The van der Waals surface area contributed by atoms with E-state index in [1.807, 2.05) is 49.1 Å². The van der Waals surface area contributed by atoms with Crippen molar-refractivity contribution in [1.29, 1.82) is 0 Å². The van der Waals surface area contributed by atoms with Crippen molar-refractivity contribution in [2.75, 3.05) is 11.4 Å². The highest BCUT2D eigenvalue weighted by Crippen LogP contribution is 2.31. The van der Waals surface area contributed by atoms with Crippen LogP contribution in [-0.4, -0.2) is 23.1 Å². The van der Waals surface area contributed by atoms with Gasteiger partial charge in [0, 0.05) is 18.3 Å². The summed E-state index contributed by atoms with van der Waals surface area (Å²) in [6.45, 7) is 6.75. The molecule has 4 heteroatoms. The fourth-order valence-corrected chi connectivity index (χ4v) is 2.68. The summed E-state index contributed by atoms with van der Waals surface area (Å²) in [5.41, 5.74) is 4.43. The van der Waals surface area contributed by atoms with Crippen LogP contribution < -0.4 is 4.90 Å². The lowest BCUT2D eigenvalue weighted by molar-refractivity contribution is -0.112. The minimum absolute atomic E-state index is 0.0347. The summed E-state index contributed by atoms with van der Waals surface area (Å²) in [6, 6.07) is 9.89. The third kappa shape index (κ3) is 2.41. The number of pyridine rings is 1.